The average molecular weight is 350 g/mol. The summed E-state index contributed by atoms with van der Waals surface area (Å²) in [5, 5.41) is 7.72. The fourth-order valence-electron chi connectivity index (χ4n) is 1.48. The molecule has 0 saturated heterocycles. The Morgan fingerprint density at radius 2 is 1.95 bits per heavy atom. The van der Waals surface area contributed by atoms with Crippen LogP contribution < -0.4 is 10.5 Å². The molecule has 2 amide bonds. The first kappa shape index (κ1) is 15.9. The van der Waals surface area contributed by atoms with Crippen LogP contribution in [-0.4, -0.2) is 32.4 Å². The number of carbonyl (C=O) groups excluding carboxylic acids is 1. The van der Waals surface area contributed by atoms with Crippen LogP contribution in [0.4, 0.5) is 10.5 Å². The first-order chi connectivity index (χ1) is 8.79. The van der Waals surface area contributed by atoms with E-state index in [-0.39, 0.29) is 10.9 Å². The van der Waals surface area contributed by atoms with Crippen LogP contribution in [0.5, 0.6) is 0 Å². The van der Waals surface area contributed by atoms with E-state index in [4.69, 9.17) is 5.14 Å². The van der Waals surface area contributed by atoms with Crippen molar-refractivity contribution in [3.63, 3.8) is 0 Å². The molecule has 0 aliphatic heterocycles. The molecule has 8 heteroatoms. The smallest absolute Gasteiger partial charge is 0.321 e. The quantitative estimate of drug-likeness (QED) is 0.870. The molecule has 0 aromatic heterocycles. The predicted molar refractivity (Wildman–Crippen MR) is 77.5 cm³/mol. The van der Waals surface area contributed by atoms with Crippen molar-refractivity contribution in [3.05, 3.63) is 22.7 Å². The minimum absolute atomic E-state index is 0.0137. The van der Waals surface area contributed by atoms with Crippen molar-refractivity contribution >= 4 is 37.7 Å². The van der Waals surface area contributed by atoms with E-state index >= 15 is 0 Å². The van der Waals surface area contributed by atoms with Gasteiger partial charge in [-0.25, -0.2) is 18.4 Å². The maximum atomic E-state index is 11.9. The molecular formula is C11H16BrN3O3S. The third-order valence-electron chi connectivity index (χ3n) is 2.56. The topological polar surface area (TPSA) is 92.5 Å². The number of anilines is 1. The summed E-state index contributed by atoms with van der Waals surface area (Å²) in [5.41, 5.74) is 0.490. The van der Waals surface area contributed by atoms with Crippen molar-refractivity contribution in [3.8, 4) is 0 Å². The number of sulfonamides is 1. The Bertz CT molecular complexity index is 571. The minimum atomic E-state index is -3.75. The van der Waals surface area contributed by atoms with Crippen LogP contribution in [-0.2, 0) is 10.0 Å². The fraction of sp³-hybridized carbons (Fsp3) is 0.364. The molecule has 0 saturated carbocycles. The van der Waals surface area contributed by atoms with Gasteiger partial charge in [0, 0.05) is 17.6 Å². The maximum absolute atomic E-state index is 11.9. The number of carbonyl (C=O) groups is 1. The monoisotopic (exact) mass is 349 g/mol. The number of benzene rings is 1. The third kappa shape index (κ3) is 4.19. The molecule has 19 heavy (non-hydrogen) atoms. The lowest BCUT2D eigenvalue weighted by molar-refractivity contribution is 0.217. The lowest BCUT2D eigenvalue weighted by atomic mass is 10.3. The molecule has 0 atom stereocenters. The molecule has 0 aliphatic rings. The summed E-state index contributed by atoms with van der Waals surface area (Å²) < 4.78 is 22.8. The molecule has 0 fully saturated rings. The number of nitrogens with zero attached hydrogens (tertiary/aromatic N) is 1. The number of hydrogen-bond donors (Lipinski definition) is 2. The molecule has 0 bridgehead atoms. The first-order valence-electron chi connectivity index (χ1n) is 5.67. The van der Waals surface area contributed by atoms with Gasteiger partial charge in [0.1, 0.15) is 0 Å². The van der Waals surface area contributed by atoms with E-state index in [2.05, 4.69) is 21.2 Å². The van der Waals surface area contributed by atoms with E-state index in [1.54, 1.807) is 4.90 Å². The Balaban J connectivity index is 2.96. The Morgan fingerprint density at radius 1 is 1.37 bits per heavy atom. The summed E-state index contributed by atoms with van der Waals surface area (Å²) in [5.74, 6) is 0. The van der Waals surface area contributed by atoms with Gasteiger partial charge >= 0.3 is 6.03 Å². The molecule has 0 unspecified atom stereocenters. The largest absolute Gasteiger partial charge is 0.325 e. The molecule has 1 rings (SSSR count). The van der Waals surface area contributed by atoms with E-state index in [9.17, 15) is 13.2 Å². The molecule has 106 valence electrons. The van der Waals surface area contributed by atoms with Gasteiger partial charge in [-0.3, -0.25) is 0 Å². The van der Waals surface area contributed by atoms with E-state index in [1.807, 2.05) is 13.8 Å². The lowest BCUT2D eigenvalue weighted by Crippen LogP contribution is -2.34. The van der Waals surface area contributed by atoms with Gasteiger partial charge in [-0.1, -0.05) is 0 Å². The zero-order chi connectivity index (χ0) is 14.6. The van der Waals surface area contributed by atoms with Gasteiger partial charge in [-0.05, 0) is 48.0 Å². The van der Waals surface area contributed by atoms with Gasteiger partial charge in [-0.15, -0.1) is 0 Å². The highest BCUT2D eigenvalue weighted by Crippen LogP contribution is 2.25. The molecule has 6 nitrogen and oxygen atoms in total. The normalized spacial score (nSPS) is 11.2. The number of halogens is 1. The van der Waals surface area contributed by atoms with Gasteiger partial charge in [0.15, 0.2) is 0 Å². The molecule has 0 spiro atoms. The summed E-state index contributed by atoms with van der Waals surface area (Å²) in [7, 11) is -3.75. The number of primary sulfonamides is 1. The number of nitrogens with two attached hydrogens (primary N) is 1. The number of hydrogen-bond acceptors (Lipinski definition) is 3. The molecule has 1 aromatic rings. The summed E-state index contributed by atoms with van der Waals surface area (Å²) in [6, 6.07) is 3.95. The zero-order valence-electron chi connectivity index (χ0n) is 10.7. The van der Waals surface area contributed by atoms with Gasteiger partial charge in [0.25, 0.3) is 0 Å². The molecule has 1 aromatic carbocycles. The van der Waals surface area contributed by atoms with Crippen molar-refractivity contribution in [1.29, 1.82) is 0 Å². The standard InChI is InChI=1S/C11H16BrN3O3S/c1-3-15(4-2)11(16)14-10-6-5-8(7-9(10)12)19(13,17)18/h5-7H,3-4H2,1-2H3,(H,14,16)(H2,13,17,18). The Morgan fingerprint density at radius 3 is 2.37 bits per heavy atom. The second kappa shape index (κ2) is 6.36. The highest BCUT2D eigenvalue weighted by molar-refractivity contribution is 9.10. The second-order valence-corrected chi connectivity index (χ2v) is 6.20. The number of rotatable bonds is 4. The number of nitrogens with one attached hydrogen (secondary N) is 1. The maximum Gasteiger partial charge on any atom is 0.321 e. The Kier molecular flexibility index (Phi) is 5.33. The molecule has 0 radical (unpaired) electrons. The zero-order valence-corrected chi connectivity index (χ0v) is 13.1. The van der Waals surface area contributed by atoms with Gasteiger partial charge < -0.3 is 10.2 Å². The average Bonchev–Trinajstić information content (AvgIpc) is 2.32. The van der Waals surface area contributed by atoms with Crippen molar-refractivity contribution in [1.82, 2.24) is 4.90 Å². The van der Waals surface area contributed by atoms with Gasteiger partial charge in [-0.2, -0.15) is 0 Å². The van der Waals surface area contributed by atoms with Crippen LogP contribution in [0.2, 0.25) is 0 Å². The van der Waals surface area contributed by atoms with Gasteiger partial charge in [0.2, 0.25) is 10.0 Å². The van der Waals surface area contributed by atoms with E-state index in [0.29, 0.717) is 23.2 Å². The van der Waals surface area contributed by atoms with Crippen molar-refractivity contribution in [2.24, 2.45) is 5.14 Å². The van der Waals surface area contributed by atoms with Crippen molar-refractivity contribution < 1.29 is 13.2 Å². The van der Waals surface area contributed by atoms with Crippen molar-refractivity contribution in [2.45, 2.75) is 18.7 Å². The van der Waals surface area contributed by atoms with E-state index < -0.39 is 10.0 Å². The highest BCUT2D eigenvalue weighted by Gasteiger charge is 2.14. The summed E-state index contributed by atoms with van der Waals surface area (Å²) in [4.78, 5) is 13.5. The van der Waals surface area contributed by atoms with Gasteiger partial charge in [0.05, 0.1) is 10.6 Å². The second-order valence-electron chi connectivity index (χ2n) is 3.79. The SMILES string of the molecule is CCN(CC)C(=O)Nc1ccc(S(N)(=O)=O)cc1Br. The van der Waals surface area contributed by atoms with Crippen LogP contribution >= 0.6 is 15.9 Å². The van der Waals surface area contributed by atoms with Crippen LogP contribution in [0.1, 0.15) is 13.8 Å². The van der Waals surface area contributed by atoms with E-state index in [1.165, 1.54) is 18.2 Å². The molecule has 3 N–H and O–H groups in total. The predicted octanol–water partition coefficient (Wildman–Crippen LogP) is 1.97. The number of amides is 2. The molecular weight excluding hydrogens is 334 g/mol. The molecule has 0 heterocycles. The third-order valence-corrected chi connectivity index (χ3v) is 4.13. The fourth-order valence-corrected chi connectivity index (χ4v) is 2.65. The van der Waals surface area contributed by atoms with Crippen LogP contribution in [0.15, 0.2) is 27.6 Å². The summed E-state index contributed by atoms with van der Waals surface area (Å²) in [6.07, 6.45) is 0. The minimum Gasteiger partial charge on any atom is -0.325 e. The van der Waals surface area contributed by atoms with Crippen LogP contribution in [0.3, 0.4) is 0 Å². The Labute approximate surface area is 121 Å². The lowest BCUT2D eigenvalue weighted by Gasteiger charge is -2.19. The van der Waals surface area contributed by atoms with Crippen LogP contribution in [0.25, 0.3) is 0 Å². The summed E-state index contributed by atoms with van der Waals surface area (Å²) >= 11 is 3.21. The highest BCUT2D eigenvalue weighted by atomic mass is 79.9. The summed E-state index contributed by atoms with van der Waals surface area (Å²) in [6.45, 7) is 4.94. The van der Waals surface area contributed by atoms with Crippen molar-refractivity contribution in [2.75, 3.05) is 18.4 Å². The van der Waals surface area contributed by atoms with E-state index in [0.717, 1.165) is 0 Å². The number of urea groups is 1. The first-order valence-corrected chi connectivity index (χ1v) is 8.01. The Hall–Kier alpha value is -1.12. The molecule has 0 aliphatic carbocycles. The van der Waals surface area contributed by atoms with Crippen LogP contribution in [0, 0.1) is 0 Å².